The Balaban J connectivity index is 1.83. The van der Waals surface area contributed by atoms with Crippen molar-refractivity contribution in [2.75, 3.05) is 0 Å². The van der Waals surface area contributed by atoms with Crippen LogP contribution in [0.5, 0.6) is 0 Å². The number of hydrogen-bond acceptors (Lipinski definition) is 6. The van der Waals surface area contributed by atoms with Crippen LogP contribution in [0.25, 0.3) is 10.2 Å². The zero-order chi connectivity index (χ0) is 18.8. The van der Waals surface area contributed by atoms with E-state index in [2.05, 4.69) is 10.3 Å². The summed E-state index contributed by atoms with van der Waals surface area (Å²) in [4.78, 5) is 31.7. The standard InChI is InChI=1S/C18H21N3O3S2/c1-5-21-17(23)14-10(2)11(3)25-16(14)20-18(21)26-12(4)15(22)19-9-13-7-6-8-24-13/h6-8,12H,5,9H2,1-4H3,(H,19,22)/t12-/m1/s1. The molecule has 6 nitrogen and oxygen atoms in total. The van der Waals surface area contributed by atoms with E-state index < -0.39 is 0 Å². The van der Waals surface area contributed by atoms with Crippen LogP contribution in [0.15, 0.2) is 32.8 Å². The first-order valence-electron chi connectivity index (χ1n) is 8.39. The molecule has 3 aromatic rings. The number of rotatable bonds is 6. The van der Waals surface area contributed by atoms with Crippen molar-refractivity contribution in [1.82, 2.24) is 14.9 Å². The second-order valence-corrected chi connectivity index (χ2v) is 8.48. The SMILES string of the molecule is CCn1c(S[C@H](C)C(=O)NCc2ccco2)nc2sc(C)c(C)c2c1=O. The summed E-state index contributed by atoms with van der Waals surface area (Å²) in [7, 11) is 0. The Bertz CT molecular complexity index is 989. The number of furan rings is 1. The molecule has 3 aromatic heterocycles. The highest BCUT2D eigenvalue weighted by Crippen LogP contribution is 2.29. The van der Waals surface area contributed by atoms with Gasteiger partial charge in [0, 0.05) is 11.4 Å². The number of nitrogens with zero attached hydrogens (tertiary/aromatic N) is 2. The van der Waals surface area contributed by atoms with Crippen molar-refractivity contribution in [3.63, 3.8) is 0 Å². The summed E-state index contributed by atoms with van der Waals surface area (Å²) in [5.74, 6) is 0.576. The minimum absolute atomic E-state index is 0.0370. The van der Waals surface area contributed by atoms with E-state index in [0.29, 0.717) is 29.4 Å². The van der Waals surface area contributed by atoms with Gasteiger partial charge in [0.25, 0.3) is 5.56 Å². The lowest BCUT2D eigenvalue weighted by Crippen LogP contribution is -2.31. The van der Waals surface area contributed by atoms with E-state index in [1.165, 1.54) is 23.1 Å². The third-order valence-corrected chi connectivity index (χ3v) is 6.43. The zero-order valence-corrected chi connectivity index (χ0v) is 16.8. The number of aromatic nitrogens is 2. The molecule has 138 valence electrons. The number of fused-ring (bicyclic) bond motifs is 1. The summed E-state index contributed by atoms with van der Waals surface area (Å²) in [6.07, 6.45) is 1.57. The molecule has 0 aliphatic heterocycles. The Morgan fingerprint density at radius 3 is 2.88 bits per heavy atom. The summed E-state index contributed by atoms with van der Waals surface area (Å²) in [6.45, 7) is 8.52. The van der Waals surface area contributed by atoms with Crippen molar-refractivity contribution in [3.8, 4) is 0 Å². The molecule has 0 radical (unpaired) electrons. The maximum Gasteiger partial charge on any atom is 0.263 e. The number of carbonyl (C=O) groups excluding carboxylic acids is 1. The Kier molecular flexibility index (Phi) is 5.52. The second-order valence-electron chi connectivity index (χ2n) is 5.96. The van der Waals surface area contributed by atoms with E-state index in [-0.39, 0.29) is 16.7 Å². The molecule has 1 amide bonds. The average molecular weight is 392 g/mol. The van der Waals surface area contributed by atoms with Gasteiger partial charge in [-0.3, -0.25) is 14.2 Å². The minimum Gasteiger partial charge on any atom is -0.467 e. The molecule has 1 N–H and O–H groups in total. The molecule has 0 spiro atoms. The van der Waals surface area contributed by atoms with Crippen LogP contribution in [0.2, 0.25) is 0 Å². The molecule has 0 aliphatic rings. The largest absolute Gasteiger partial charge is 0.467 e. The summed E-state index contributed by atoms with van der Waals surface area (Å²) < 4.78 is 6.86. The quantitative estimate of drug-likeness (QED) is 0.514. The van der Waals surface area contributed by atoms with E-state index >= 15 is 0 Å². The van der Waals surface area contributed by atoms with Crippen molar-refractivity contribution in [2.24, 2.45) is 0 Å². The molecule has 8 heteroatoms. The fourth-order valence-electron chi connectivity index (χ4n) is 2.62. The van der Waals surface area contributed by atoms with Gasteiger partial charge in [-0.05, 0) is 45.4 Å². The molecule has 0 unspecified atom stereocenters. The molecule has 0 saturated heterocycles. The molecule has 0 fully saturated rings. The molecule has 3 heterocycles. The number of aryl methyl sites for hydroxylation is 2. The van der Waals surface area contributed by atoms with Crippen LogP contribution in [0.4, 0.5) is 0 Å². The van der Waals surface area contributed by atoms with Crippen LogP contribution in [0, 0.1) is 13.8 Å². The molecule has 0 aliphatic carbocycles. The van der Waals surface area contributed by atoms with Crippen molar-refractivity contribution in [2.45, 2.75) is 51.2 Å². The number of nitrogens with one attached hydrogen (secondary N) is 1. The number of amides is 1. The molecular weight excluding hydrogens is 370 g/mol. The topological polar surface area (TPSA) is 77.1 Å². The van der Waals surface area contributed by atoms with Crippen molar-refractivity contribution >= 4 is 39.2 Å². The Labute approximate surface area is 159 Å². The van der Waals surface area contributed by atoms with E-state index in [0.717, 1.165) is 15.3 Å². The highest BCUT2D eigenvalue weighted by atomic mass is 32.2. The van der Waals surface area contributed by atoms with E-state index in [4.69, 9.17) is 4.42 Å². The first-order chi connectivity index (χ1) is 12.4. The van der Waals surface area contributed by atoms with Gasteiger partial charge in [0.15, 0.2) is 5.16 Å². The summed E-state index contributed by atoms with van der Waals surface area (Å²) in [5, 5.41) is 3.73. The zero-order valence-electron chi connectivity index (χ0n) is 15.2. The van der Waals surface area contributed by atoms with Gasteiger partial charge in [-0.15, -0.1) is 11.3 Å². The fraction of sp³-hybridized carbons (Fsp3) is 0.389. The van der Waals surface area contributed by atoms with Gasteiger partial charge in [-0.2, -0.15) is 0 Å². The van der Waals surface area contributed by atoms with Gasteiger partial charge in [-0.1, -0.05) is 11.8 Å². The molecule has 0 bridgehead atoms. The first-order valence-corrected chi connectivity index (χ1v) is 10.1. The molecule has 1 atom stereocenters. The third-order valence-electron chi connectivity index (χ3n) is 4.24. The van der Waals surface area contributed by atoms with E-state index in [9.17, 15) is 9.59 Å². The van der Waals surface area contributed by atoms with Gasteiger partial charge in [-0.25, -0.2) is 4.98 Å². The van der Waals surface area contributed by atoms with Crippen LogP contribution in [0.1, 0.15) is 30.0 Å². The maximum atomic E-state index is 12.9. The van der Waals surface area contributed by atoms with Gasteiger partial charge in [0.2, 0.25) is 5.91 Å². The predicted octanol–water partition coefficient (Wildman–Crippen LogP) is 3.48. The van der Waals surface area contributed by atoms with Crippen LogP contribution < -0.4 is 10.9 Å². The third kappa shape index (κ3) is 3.57. The number of thioether (sulfide) groups is 1. The molecular formula is C18H21N3O3S2. The normalized spacial score (nSPS) is 12.5. The van der Waals surface area contributed by atoms with Crippen molar-refractivity contribution in [1.29, 1.82) is 0 Å². The van der Waals surface area contributed by atoms with Gasteiger partial charge < -0.3 is 9.73 Å². The fourth-order valence-corrected chi connectivity index (χ4v) is 4.69. The van der Waals surface area contributed by atoms with E-state index in [1.54, 1.807) is 16.9 Å². The first kappa shape index (κ1) is 18.7. The summed E-state index contributed by atoms with van der Waals surface area (Å²) in [6, 6.07) is 3.59. The molecule has 0 aromatic carbocycles. The van der Waals surface area contributed by atoms with Crippen LogP contribution in [-0.2, 0) is 17.9 Å². The average Bonchev–Trinajstić information content (AvgIpc) is 3.21. The van der Waals surface area contributed by atoms with Crippen molar-refractivity contribution < 1.29 is 9.21 Å². The Morgan fingerprint density at radius 2 is 2.23 bits per heavy atom. The van der Waals surface area contributed by atoms with Gasteiger partial charge in [0.05, 0.1) is 23.4 Å². The van der Waals surface area contributed by atoms with Crippen LogP contribution in [-0.4, -0.2) is 20.7 Å². The Hall–Kier alpha value is -2.06. The Morgan fingerprint density at radius 1 is 1.46 bits per heavy atom. The van der Waals surface area contributed by atoms with Crippen molar-refractivity contribution in [3.05, 3.63) is 45.0 Å². The lowest BCUT2D eigenvalue weighted by molar-refractivity contribution is -0.120. The van der Waals surface area contributed by atoms with Crippen LogP contribution in [0.3, 0.4) is 0 Å². The van der Waals surface area contributed by atoms with Gasteiger partial charge in [0.1, 0.15) is 10.6 Å². The molecule has 0 saturated carbocycles. The highest BCUT2D eigenvalue weighted by Gasteiger charge is 2.21. The highest BCUT2D eigenvalue weighted by molar-refractivity contribution is 8.00. The lowest BCUT2D eigenvalue weighted by Gasteiger charge is -2.14. The number of carbonyl (C=O) groups is 1. The summed E-state index contributed by atoms with van der Waals surface area (Å²) in [5.41, 5.74) is 0.954. The molecule has 3 rings (SSSR count). The second kappa shape index (κ2) is 7.67. The number of thiophene rings is 1. The van der Waals surface area contributed by atoms with Gasteiger partial charge >= 0.3 is 0 Å². The monoisotopic (exact) mass is 391 g/mol. The smallest absolute Gasteiger partial charge is 0.263 e. The maximum absolute atomic E-state index is 12.9. The minimum atomic E-state index is -0.380. The molecule has 26 heavy (non-hydrogen) atoms. The predicted molar refractivity (Wildman–Crippen MR) is 105 cm³/mol. The lowest BCUT2D eigenvalue weighted by atomic mass is 10.2. The van der Waals surface area contributed by atoms with E-state index in [1.807, 2.05) is 33.8 Å². The van der Waals surface area contributed by atoms with Crippen LogP contribution >= 0.6 is 23.1 Å². The number of hydrogen-bond donors (Lipinski definition) is 1. The summed E-state index contributed by atoms with van der Waals surface area (Å²) >= 11 is 2.82.